The topological polar surface area (TPSA) is 105 Å². The van der Waals surface area contributed by atoms with Gasteiger partial charge in [0.15, 0.2) is 5.69 Å². The van der Waals surface area contributed by atoms with Gasteiger partial charge < -0.3 is 10.4 Å². The number of aryl methyl sites for hydroxylation is 1. The lowest BCUT2D eigenvalue weighted by atomic mass is 10.2. The Kier molecular flexibility index (Phi) is 3.94. The van der Waals surface area contributed by atoms with Crippen LogP contribution in [0.25, 0.3) is 0 Å². The van der Waals surface area contributed by atoms with E-state index >= 15 is 0 Å². The molecule has 0 radical (unpaired) electrons. The summed E-state index contributed by atoms with van der Waals surface area (Å²) in [6, 6.07) is 4.54. The number of non-ortho nitro benzene ring substituents is 1. The minimum atomic E-state index is -1.07. The van der Waals surface area contributed by atoms with E-state index in [2.05, 4.69) is 10.3 Å². The molecule has 1 aromatic carbocycles. The normalized spacial score (nSPS) is 10.2. The number of carboxylic acids is 1. The molecule has 0 amide bonds. The third-order valence-corrected chi connectivity index (χ3v) is 3.48. The molecule has 1 heterocycles. The van der Waals surface area contributed by atoms with Crippen molar-refractivity contribution in [3.05, 3.63) is 50.0 Å². The number of nitro groups is 1. The van der Waals surface area contributed by atoms with E-state index in [4.69, 9.17) is 5.11 Å². The van der Waals surface area contributed by atoms with Gasteiger partial charge in [0, 0.05) is 23.2 Å². The number of thiazole rings is 1. The van der Waals surface area contributed by atoms with Crippen molar-refractivity contribution in [1.82, 2.24) is 4.98 Å². The molecule has 0 unspecified atom stereocenters. The van der Waals surface area contributed by atoms with Crippen LogP contribution < -0.4 is 5.32 Å². The first-order valence-corrected chi connectivity index (χ1v) is 6.52. The number of aromatic carboxylic acids is 1. The molecule has 1 aromatic heterocycles. The molecule has 0 aliphatic carbocycles. The summed E-state index contributed by atoms with van der Waals surface area (Å²) in [5.41, 5.74) is 1.50. The van der Waals surface area contributed by atoms with Crippen LogP contribution in [0.3, 0.4) is 0 Å². The fraction of sp³-hybridized carbons (Fsp3) is 0.167. The Hall–Kier alpha value is -2.48. The van der Waals surface area contributed by atoms with E-state index in [1.165, 1.54) is 28.8 Å². The van der Waals surface area contributed by atoms with Crippen molar-refractivity contribution in [2.75, 3.05) is 5.32 Å². The van der Waals surface area contributed by atoms with Crippen LogP contribution in [0, 0.1) is 17.0 Å². The number of rotatable bonds is 5. The van der Waals surface area contributed by atoms with Crippen LogP contribution >= 0.6 is 11.3 Å². The van der Waals surface area contributed by atoms with E-state index in [9.17, 15) is 14.9 Å². The molecule has 0 aliphatic heterocycles. The van der Waals surface area contributed by atoms with Gasteiger partial charge in [-0.3, -0.25) is 10.1 Å². The van der Waals surface area contributed by atoms with Gasteiger partial charge in [-0.25, -0.2) is 9.78 Å². The number of carbonyl (C=O) groups is 1. The number of carboxylic acid groups (broad SMARTS) is 1. The van der Waals surface area contributed by atoms with Gasteiger partial charge >= 0.3 is 5.97 Å². The van der Waals surface area contributed by atoms with Crippen LogP contribution in [0.5, 0.6) is 0 Å². The quantitative estimate of drug-likeness (QED) is 0.648. The van der Waals surface area contributed by atoms with Crippen LogP contribution in [-0.4, -0.2) is 21.0 Å². The lowest BCUT2D eigenvalue weighted by Crippen LogP contribution is -2.03. The zero-order valence-electron chi connectivity index (χ0n) is 10.5. The van der Waals surface area contributed by atoms with Crippen LogP contribution in [0.4, 0.5) is 11.4 Å². The maximum atomic E-state index is 10.7. The predicted molar refractivity (Wildman–Crippen MR) is 74.2 cm³/mol. The van der Waals surface area contributed by atoms with E-state index in [-0.39, 0.29) is 11.4 Å². The Labute approximate surface area is 118 Å². The first-order chi connectivity index (χ1) is 9.47. The molecule has 0 spiro atoms. The second-order valence-electron chi connectivity index (χ2n) is 4.04. The summed E-state index contributed by atoms with van der Waals surface area (Å²) in [7, 11) is 0. The molecule has 104 valence electrons. The van der Waals surface area contributed by atoms with Crippen molar-refractivity contribution in [3.63, 3.8) is 0 Å². The lowest BCUT2D eigenvalue weighted by molar-refractivity contribution is -0.384. The molecule has 0 aliphatic rings. The van der Waals surface area contributed by atoms with Gasteiger partial charge in [0.1, 0.15) is 5.01 Å². The number of hydrogen-bond acceptors (Lipinski definition) is 6. The molecule has 20 heavy (non-hydrogen) atoms. The highest BCUT2D eigenvalue weighted by Gasteiger charge is 2.11. The Morgan fingerprint density at radius 1 is 1.55 bits per heavy atom. The molecule has 2 rings (SSSR count). The zero-order chi connectivity index (χ0) is 14.7. The average molecular weight is 293 g/mol. The number of nitrogens with zero attached hydrogens (tertiary/aromatic N) is 2. The van der Waals surface area contributed by atoms with Crippen LogP contribution in [0.15, 0.2) is 23.6 Å². The first kappa shape index (κ1) is 13.9. The third-order valence-electron chi connectivity index (χ3n) is 2.63. The Morgan fingerprint density at radius 3 is 2.90 bits per heavy atom. The number of hydrogen-bond donors (Lipinski definition) is 2. The highest BCUT2D eigenvalue weighted by molar-refractivity contribution is 7.09. The largest absolute Gasteiger partial charge is 0.476 e. The van der Waals surface area contributed by atoms with E-state index in [0.29, 0.717) is 17.2 Å². The number of anilines is 1. The summed E-state index contributed by atoms with van der Waals surface area (Å²) in [6.07, 6.45) is 0. The van der Waals surface area contributed by atoms with Gasteiger partial charge in [-0.1, -0.05) is 6.07 Å². The molecule has 0 saturated heterocycles. The second kappa shape index (κ2) is 5.66. The highest BCUT2D eigenvalue weighted by Crippen LogP contribution is 2.22. The molecule has 0 atom stereocenters. The fourth-order valence-corrected chi connectivity index (χ4v) is 2.28. The van der Waals surface area contributed by atoms with Gasteiger partial charge in [0.2, 0.25) is 0 Å². The van der Waals surface area contributed by atoms with Gasteiger partial charge in [-0.05, 0) is 12.5 Å². The van der Waals surface area contributed by atoms with Crippen molar-refractivity contribution in [2.45, 2.75) is 13.5 Å². The molecular weight excluding hydrogens is 282 g/mol. The van der Waals surface area contributed by atoms with E-state index in [1.54, 1.807) is 6.07 Å². The molecule has 2 aromatic rings. The van der Waals surface area contributed by atoms with Crippen LogP contribution in [-0.2, 0) is 6.54 Å². The van der Waals surface area contributed by atoms with Gasteiger partial charge in [0.05, 0.1) is 11.5 Å². The Balaban J connectivity index is 2.11. The molecule has 2 N–H and O–H groups in total. The van der Waals surface area contributed by atoms with E-state index < -0.39 is 10.9 Å². The number of aromatic nitrogens is 1. The minimum Gasteiger partial charge on any atom is -0.476 e. The summed E-state index contributed by atoms with van der Waals surface area (Å²) in [4.78, 5) is 24.9. The van der Waals surface area contributed by atoms with Crippen molar-refractivity contribution >= 4 is 28.7 Å². The van der Waals surface area contributed by atoms with Crippen molar-refractivity contribution in [2.24, 2.45) is 0 Å². The lowest BCUT2D eigenvalue weighted by Gasteiger charge is -2.07. The van der Waals surface area contributed by atoms with Crippen molar-refractivity contribution < 1.29 is 14.8 Å². The zero-order valence-corrected chi connectivity index (χ0v) is 11.3. The second-order valence-corrected chi connectivity index (χ2v) is 4.98. The predicted octanol–water partition coefficient (Wildman–Crippen LogP) is 2.67. The van der Waals surface area contributed by atoms with E-state index in [0.717, 1.165) is 5.56 Å². The molecule has 0 fully saturated rings. The molecule has 7 nitrogen and oxygen atoms in total. The summed E-state index contributed by atoms with van der Waals surface area (Å²) >= 11 is 1.23. The summed E-state index contributed by atoms with van der Waals surface area (Å²) < 4.78 is 0. The number of benzene rings is 1. The average Bonchev–Trinajstić information content (AvgIpc) is 2.86. The summed E-state index contributed by atoms with van der Waals surface area (Å²) in [6.45, 7) is 2.15. The molecule has 8 heteroatoms. The monoisotopic (exact) mass is 293 g/mol. The smallest absolute Gasteiger partial charge is 0.355 e. The summed E-state index contributed by atoms with van der Waals surface area (Å²) in [5.74, 6) is -1.07. The summed E-state index contributed by atoms with van der Waals surface area (Å²) in [5, 5.41) is 24.6. The van der Waals surface area contributed by atoms with Gasteiger partial charge in [0.25, 0.3) is 5.69 Å². The van der Waals surface area contributed by atoms with Gasteiger partial charge in [-0.2, -0.15) is 0 Å². The maximum Gasteiger partial charge on any atom is 0.355 e. The Morgan fingerprint density at radius 2 is 2.30 bits per heavy atom. The highest BCUT2D eigenvalue weighted by atomic mass is 32.1. The SMILES string of the molecule is Cc1ccc([N+](=O)[O-])cc1NCc1nc(C(=O)O)cs1. The fourth-order valence-electron chi connectivity index (χ4n) is 1.58. The molecule has 0 saturated carbocycles. The molecule has 0 bridgehead atoms. The maximum absolute atomic E-state index is 10.7. The van der Waals surface area contributed by atoms with Crippen molar-refractivity contribution in [3.8, 4) is 0 Å². The first-order valence-electron chi connectivity index (χ1n) is 5.64. The van der Waals surface area contributed by atoms with Gasteiger partial charge in [-0.15, -0.1) is 11.3 Å². The van der Waals surface area contributed by atoms with E-state index in [1.807, 2.05) is 6.92 Å². The number of nitro benzene ring substituents is 1. The minimum absolute atomic E-state index is 0.00237. The standard InChI is InChI=1S/C12H11N3O4S/c1-7-2-3-8(15(18)19)4-9(7)13-5-11-14-10(6-20-11)12(16)17/h2-4,6,13H,5H2,1H3,(H,16,17). The van der Waals surface area contributed by atoms with Crippen molar-refractivity contribution in [1.29, 1.82) is 0 Å². The van der Waals surface area contributed by atoms with Crippen LogP contribution in [0.2, 0.25) is 0 Å². The van der Waals surface area contributed by atoms with Crippen LogP contribution in [0.1, 0.15) is 21.1 Å². The number of nitrogens with one attached hydrogen (secondary N) is 1. The third kappa shape index (κ3) is 3.09. The Bertz CT molecular complexity index is 668. The molecular formula is C12H11N3O4S.